The van der Waals surface area contributed by atoms with Gasteiger partial charge in [-0.1, -0.05) is 19.9 Å². The minimum Gasteiger partial charge on any atom is -0.462 e. The van der Waals surface area contributed by atoms with E-state index in [1.165, 1.54) is 16.1 Å². The molecule has 4 atom stereocenters. The molecule has 0 fully saturated rings. The molecule has 2 aromatic rings. The van der Waals surface area contributed by atoms with Crippen LogP contribution in [0.25, 0.3) is 10.6 Å². The Morgan fingerprint density at radius 2 is 2.07 bits per heavy atom. The Morgan fingerprint density at radius 1 is 1.26 bits per heavy atom. The van der Waals surface area contributed by atoms with E-state index in [4.69, 9.17) is 9.47 Å². The quantitative estimate of drug-likeness (QED) is 0.527. The van der Waals surface area contributed by atoms with Crippen molar-refractivity contribution < 1.29 is 14.0 Å². The van der Waals surface area contributed by atoms with Crippen LogP contribution >= 0.6 is 11.3 Å². The van der Waals surface area contributed by atoms with Crippen molar-refractivity contribution in [1.82, 2.24) is 0 Å². The van der Waals surface area contributed by atoms with Crippen LogP contribution in [0.15, 0.2) is 60.3 Å². The molecule has 2 aliphatic rings. The lowest BCUT2D eigenvalue weighted by atomic mass is 9.59. The zero-order valence-electron chi connectivity index (χ0n) is 16.6. The molecule has 2 aliphatic heterocycles. The number of ether oxygens (including phenoxy) is 2. The van der Waals surface area contributed by atoms with Crippen LogP contribution < -0.4 is 4.57 Å². The Kier molecular flexibility index (Phi) is 4.52. The molecule has 4 rings (SSSR count). The Hall–Kier alpha value is -1.91. The Bertz CT molecular complexity index is 901. The molecule has 3 nitrogen and oxygen atoms in total. The van der Waals surface area contributed by atoms with Crippen LogP contribution in [0, 0.1) is 0 Å². The fourth-order valence-electron chi connectivity index (χ4n) is 5.20. The van der Waals surface area contributed by atoms with E-state index < -0.39 is 5.54 Å². The van der Waals surface area contributed by atoms with Crippen molar-refractivity contribution in [3.63, 3.8) is 0 Å². The SMILES string of the molecule is C=CC1(CC)c2ccsc2-c2cccc[n+]2C1(CC)C1OC(C)=CC(C)O1. The first-order valence-corrected chi connectivity index (χ1v) is 10.7. The van der Waals surface area contributed by atoms with Gasteiger partial charge in [0.2, 0.25) is 11.2 Å². The Morgan fingerprint density at radius 3 is 2.74 bits per heavy atom. The highest BCUT2D eigenvalue weighted by Crippen LogP contribution is 2.55. The second kappa shape index (κ2) is 6.61. The van der Waals surface area contributed by atoms with Gasteiger partial charge in [-0.25, -0.2) is 0 Å². The zero-order valence-corrected chi connectivity index (χ0v) is 17.4. The Labute approximate surface area is 166 Å². The molecule has 0 saturated heterocycles. The minimum atomic E-state index is -0.419. The number of aromatic nitrogens is 1. The van der Waals surface area contributed by atoms with Gasteiger partial charge < -0.3 is 9.47 Å². The normalized spacial score (nSPS) is 32.1. The van der Waals surface area contributed by atoms with Gasteiger partial charge in [-0.2, -0.15) is 4.57 Å². The maximum atomic E-state index is 6.43. The van der Waals surface area contributed by atoms with Gasteiger partial charge in [0.1, 0.15) is 4.88 Å². The highest BCUT2D eigenvalue weighted by Gasteiger charge is 2.67. The number of hydrogen-bond donors (Lipinski definition) is 0. The second-order valence-corrected chi connectivity index (χ2v) is 8.41. The molecule has 142 valence electrons. The van der Waals surface area contributed by atoms with Gasteiger partial charge in [-0.05, 0) is 49.4 Å². The molecule has 0 amide bonds. The zero-order chi connectivity index (χ0) is 19.2. The molecule has 0 N–H and O–H groups in total. The van der Waals surface area contributed by atoms with Crippen molar-refractivity contribution in [1.29, 1.82) is 0 Å². The van der Waals surface area contributed by atoms with Gasteiger partial charge in [-0.3, -0.25) is 0 Å². The lowest BCUT2D eigenvalue weighted by molar-refractivity contribution is -0.784. The first-order valence-electron chi connectivity index (χ1n) is 9.77. The van der Waals surface area contributed by atoms with Crippen LogP contribution in [0.3, 0.4) is 0 Å². The third-order valence-corrected chi connectivity index (χ3v) is 7.31. The van der Waals surface area contributed by atoms with Crippen molar-refractivity contribution in [2.24, 2.45) is 0 Å². The van der Waals surface area contributed by atoms with Crippen LogP contribution in [0.4, 0.5) is 0 Å². The standard InChI is InChI=1S/C23H28NO2S/c1-6-22(7-2)18-12-14-27-20(18)19-11-9-10-13-24(19)23(22,8-3)21-25-16(4)15-17(5)26-21/h6,9-16,21H,1,7-8H2,2-5H3/q+1. The molecular weight excluding hydrogens is 354 g/mol. The van der Waals surface area contributed by atoms with Gasteiger partial charge in [0.25, 0.3) is 6.29 Å². The molecule has 4 heterocycles. The highest BCUT2D eigenvalue weighted by atomic mass is 32.1. The number of pyridine rings is 1. The molecule has 2 aromatic heterocycles. The van der Waals surface area contributed by atoms with E-state index in [2.05, 4.69) is 73.8 Å². The van der Waals surface area contributed by atoms with Gasteiger partial charge in [0.05, 0.1) is 17.3 Å². The average Bonchev–Trinajstić information content (AvgIpc) is 3.16. The lowest BCUT2D eigenvalue weighted by Crippen LogP contribution is -2.75. The van der Waals surface area contributed by atoms with Crippen LogP contribution in [0.2, 0.25) is 0 Å². The van der Waals surface area contributed by atoms with Gasteiger partial charge in [0.15, 0.2) is 6.20 Å². The smallest absolute Gasteiger partial charge is 0.266 e. The summed E-state index contributed by atoms with van der Waals surface area (Å²) in [5.41, 5.74) is 1.86. The molecular formula is C23H28NO2S+. The van der Waals surface area contributed by atoms with Crippen LogP contribution in [-0.4, -0.2) is 12.4 Å². The van der Waals surface area contributed by atoms with Gasteiger partial charge in [-0.15, -0.1) is 17.9 Å². The predicted molar refractivity (Wildman–Crippen MR) is 110 cm³/mol. The summed E-state index contributed by atoms with van der Waals surface area (Å²) in [5, 5.41) is 2.19. The molecule has 4 unspecified atom stereocenters. The van der Waals surface area contributed by atoms with Crippen LogP contribution in [-0.2, 0) is 20.4 Å². The first-order chi connectivity index (χ1) is 13.0. The fourth-order valence-corrected chi connectivity index (χ4v) is 6.20. The molecule has 27 heavy (non-hydrogen) atoms. The van der Waals surface area contributed by atoms with E-state index in [0.717, 1.165) is 18.6 Å². The number of nitrogens with zero attached hydrogens (tertiary/aromatic N) is 1. The molecule has 0 radical (unpaired) electrons. The van der Waals surface area contributed by atoms with E-state index >= 15 is 0 Å². The molecule has 0 aliphatic carbocycles. The molecule has 0 spiro atoms. The molecule has 0 saturated carbocycles. The lowest BCUT2D eigenvalue weighted by Gasteiger charge is -2.50. The second-order valence-electron chi connectivity index (χ2n) is 7.49. The molecule has 0 aromatic carbocycles. The van der Waals surface area contributed by atoms with Crippen molar-refractivity contribution >= 4 is 11.3 Å². The molecule has 4 heteroatoms. The monoisotopic (exact) mass is 382 g/mol. The summed E-state index contributed by atoms with van der Waals surface area (Å²) in [6.07, 6.45) is 7.78. The highest BCUT2D eigenvalue weighted by molar-refractivity contribution is 7.13. The summed E-state index contributed by atoms with van der Waals surface area (Å²) >= 11 is 1.80. The summed E-state index contributed by atoms with van der Waals surface area (Å²) in [5.74, 6) is 0.926. The van der Waals surface area contributed by atoms with Gasteiger partial charge in [0, 0.05) is 18.6 Å². The van der Waals surface area contributed by atoms with Crippen molar-refractivity contribution in [3.8, 4) is 10.6 Å². The summed E-state index contributed by atoms with van der Waals surface area (Å²) in [4.78, 5) is 1.32. The summed E-state index contributed by atoms with van der Waals surface area (Å²) in [6.45, 7) is 12.9. The molecule has 0 bridgehead atoms. The first kappa shape index (κ1) is 18.5. The van der Waals surface area contributed by atoms with E-state index in [0.29, 0.717) is 0 Å². The number of allylic oxidation sites excluding steroid dienone is 2. The number of fused-ring (bicyclic) bond motifs is 3. The summed E-state index contributed by atoms with van der Waals surface area (Å²) in [7, 11) is 0. The third-order valence-electron chi connectivity index (χ3n) is 6.38. The van der Waals surface area contributed by atoms with Crippen LogP contribution in [0.5, 0.6) is 0 Å². The van der Waals surface area contributed by atoms with E-state index in [1.807, 2.05) is 13.0 Å². The predicted octanol–water partition coefficient (Wildman–Crippen LogP) is 5.32. The minimum absolute atomic E-state index is 0.0168. The maximum Gasteiger partial charge on any atom is 0.266 e. The third kappa shape index (κ3) is 2.33. The van der Waals surface area contributed by atoms with Crippen molar-refractivity contribution in [2.75, 3.05) is 0 Å². The van der Waals surface area contributed by atoms with Crippen molar-refractivity contribution in [2.45, 2.75) is 63.9 Å². The number of hydrogen-bond acceptors (Lipinski definition) is 3. The topological polar surface area (TPSA) is 22.3 Å². The fraction of sp³-hybridized carbons (Fsp3) is 0.435. The summed E-state index contributed by atoms with van der Waals surface area (Å²) in [6, 6.07) is 8.68. The maximum absolute atomic E-state index is 6.43. The number of thiophene rings is 1. The van der Waals surface area contributed by atoms with E-state index in [1.54, 1.807) is 11.3 Å². The summed E-state index contributed by atoms with van der Waals surface area (Å²) < 4.78 is 15.2. The van der Waals surface area contributed by atoms with Crippen molar-refractivity contribution in [3.05, 3.63) is 65.9 Å². The largest absolute Gasteiger partial charge is 0.462 e. The average molecular weight is 383 g/mol. The Balaban J connectivity index is 2.06. The van der Waals surface area contributed by atoms with E-state index in [-0.39, 0.29) is 17.8 Å². The van der Waals surface area contributed by atoms with E-state index in [9.17, 15) is 0 Å². The number of rotatable bonds is 4. The van der Waals surface area contributed by atoms with Gasteiger partial charge >= 0.3 is 0 Å². The van der Waals surface area contributed by atoms with Crippen LogP contribution in [0.1, 0.15) is 46.1 Å².